The smallest absolute Gasteiger partial charge is 0.414 e. The average molecular weight is 900 g/mol. The Morgan fingerprint density at radius 1 is 0.667 bits per heavy atom. The predicted molar refractivity (Wildman–Crippen MR) is 223 cm³/mol. The van der Waals surface area contributed by atoms with Gasteiger partial charge in [0.05, 0.1) is 57.8 Å². The molecule has 21 heteroatoms. The summed E-state index contributed by atoms with van der Waals surface area (Å²) < 4.78 is 21.9. The minimum absolute atomic E-state index is 0.0471. The Morgan fingerprint density at radius 2 is 1.12 bits per heavy atom. The van der Waals surface area contributed by atoms with E-state index in [9.17, 15) is 33.6 Å². The molecule has 0 aliphatic carbocycles. The molecule has 8 rings (SSSR count). The van der Waals surface area contributed by atoms with E-state index in [4.69, 9.17) is 42.1 Å². The van der Waals surface area contributed by atoms with Crippen LogP contribution in [0.5, 0.6) is 0 Å². The van der Waals surface area contributed by atoms with E-state index in [1.807, 2.05) is 0 Å². The zero-order valence-corrected chi connectivity index (χ0v) is 34.7. The molecule has 0 radical (unpaired) electrons. The van der Waals surface area contributed by atoms with Crippen LogP contribution >= 0.6 is 45.9 Å². The van der Waals surface area contributed by atoms with E-state index < -0.39 is 30.3 Å². The summed E-state index contributed by atoms with van der Waals surface area (Å²) in [5, 5.41) is 2.76. The van der Waals surface area contributed by atoms with Crippen molar-refractivity contribution in [3.05, 3.63) is 91.2 Å². The van der Waals surface area contributed by atoms with Crippen LogP contribution in [0.3, 0.4) is 0 Å². The standard InChI is InChI=1S/C20H18ClN3O6S.C19H18ClN3O5S/c21-17-6-5-16(31-17)19(27)22(12-25)9-15-10-24(20(28)30-15)14-3-1-13(2-4-14)23-7-8-29-11-18(23)26;20-16-6-5-15(29-16)18(25)21-9-14-10-23(19(26)28-14)13-3-1-12(2-4-13)22-7-8-27-11-17(22)24/h1-6,12,15H,7-11H2;1-6,14H,7-11H2,(H,21,25)/t15-;14-/m00/s1. The zero-order valence-electron chi connectivity index (χ0n) is 31.5. The SMILES string of the molecule is O=C(NC[C@H]1CN(c2ccc(N3CCOCC3=O)cc2)C(=O)O1)c1ccc(Cl)s1.O=CN(C[C@H]1CN(c2ccc(N3CCOCC3=O)cc2)C(=O)O1)C(=O)c1ccc(Cl)s1. The number of cyclic esters (lactones) is 2. The van der Waals surface area contributed by atoms with Crippen LogP contribution in [0.15, 0.2) is 72.8 Å². The van der Waals surface area contributed by atoms with Gasteiger partial charge in [-0.25, -0.2) is 9.59 Å². The number of anilines is 4. The summed E-state index contributed by atoms with van der Waals surface area (Å²) >= 11 is 14.0. The van der Waals surface area contributed by atoms with E-state index in [1.165, 1.54) is 21.1 Å². The first kappa shape index (κ1) is 42.6. The number of nitrogens with zero attached hydrogens (tertiary/aromatic N) is 5. The highest BCUT2D eigenvalue weighted by atomic mass is 35.5. The Balaban J connectivity index is 0.000000182. The normalized spacial score (nSPS) is 19.1. The van der Waals surface area contributed by atoms with Gasteiger partial charge in [-0.3, -0.25) is 38.7 Å². The first-order valence-electron chi connectivity index (χ1n) is 18.4. The molecule has 17 nitrogen and oxygen atoms in total. The number of morpholine rings is 2. The molecule has 0 bridgehead atoms. The molecule has 2 atom stereocenters. The maximum atomic E-state index is 12.5. The average Bonchev–Trinajstić information content (AvgIpc) is 4.07. The van der Waals surface area contributed by atoms with Gasteiger partial charge in [0.15, 0.2) is 0 Å². The van der Waals surface area contributed by atoms with Crippen LogP contribution in [0.25, 0.3) is 0 Å². The van der Waals surface area contributed by atoms with Gasteiger partial charge in [-0.2, -0.15) is 0 Å². The number of rotatable bonds is 11. The van der Waals surface area contributed by atoms with E-state index in [2.05, 4.69) is 5.32 Å². The second-order valence-corrected chi connectivity index (χ2v) is 16.9. The molecule has 0 spiro atoms. The van der Waals surface area contributed by atoms with Crippen molar-refractivity contribution >= 4 is 111 Å². The van der Waals surface area contributed by atoms with Crippen LogP contribution in [0.2, 0.25) is 8.67 Å². The third-order valence-electron chi connectivity index (χ3n) is 9.53. The van der Waals surface area contributed by atoms with Crippen molar-refractivity contribution in [3.8, 4) is 0 Å². The number of carbonyl (C=O) groups excluding carboxylic acids is 7. The van der Waals surface area contributed by atoms with Gasteiger partial charge in [0, 0.05) is 35.8 Å². The summed E-state index contributed by atoms with van der Waals surface area (Å²) in [4.78, 5) is 92.5. The number of thiophene rings is 2. The highest BCUT2D eigenvalue weighted by Gasteiger charge is 2.36. The molecule has 4 aliphatic rings. The fourth-order valence-electron chi connectivity index (χ4n) is 6.57. The third kappa shape index (κ3) is 10.1. The highest BCUT2D eigenvalue weighted by molar-refractivity contribution is 7.18. The Labute approximate surface area is 360 Å². The van der Waals surface area contributed by atoms with Crippen molar-refractivity contribution < 1.29 is 52.5 Å². The number of nitrogens with one attached hydrogen (secondary N) is 1. The summed E-state index contributed by atoms with van der Waals surface area (Å²) in [6.07, 6.45) is -1.75. The number of halogens is 2. The lowest BCUT2D eigenvalue weighted by atomic mass is 10.2. The van der Waals surface area contributed by atoms with Gasteiger partial charge < -0.3 is 34.1 Å². The second kappa shape index (κ2) is 19.2. The van der Waals surface area contributed by atoms with Gasteiger partial charge in [-0.15, -0.1) is 22.7 Å². The van der Waals surface area contributed by atoms with Crippen molar-refractivity contribution in [2.24, 2.45) is 0 Å². The van der Waals surface area contributed by atoms with Crippen LogP contribution in [0.1, 0.15) is 19.3 Å². The number of carbonyl (C=O) groups is 7. The summed E-state index contributed by atoms with van der Waals surface area (Å²) in [6.45, 7) is 2.69. The lowest BCUT2D eigenvalue weighted by Gasteiger charge is -2.27. The molecule has 0 saturated carbocycles. The lowest BCUT2D eigenvalue weighted by Crippen LogP contribution is -2.41. The van der Waals surface area contributed by atoms with Crippen LogP contribution in [-0.2, 0) is 33.3 Å². The maximum absolute atomic E-state index is 12.5. The molecule has 1 N–H and O–H groups in total. The fraction of sp³-hybridized carbons (Fsp3) is 0.308. The largest absolute Gasteiger partial charge is 0.442 e. The van der Waals surface area contributed by atoms with Gasteiger partial charge in [-0.05, 0) is 72.8 Å². The molecule has 60 heavy (non-hydrogen) atoms. The number of hydrogen-bond acceptors (Lipinski definition) is 13. The van der Waals surface area contributed by atoms with Crippen molar-refractivity contribution in [3.63, 3.8) is 0 Å². The van der Waals surface area contributed by atoms with Crippen LogP contribution in [0, 0.1) is 0 Å². The van der Waals surface area contributed by atoms with Gasteiger partial charge >= 0.3 is 12.2 Å². The molecule has 4 fully saturated rings. The van der Waals surface area contributed by atoms with Gasteiger partial charge in [0.25, 0.3) is 23.6 Å². The van der Waals surface area contributed by atoms with Crippen molar-refractivity contribution in [1.82, 2.24) is 10.2 Å². The number of ether oxygens (including phenoxy) is 4. The van der Waals surface area contributed by atoms with Gasteiger partial charge in [-0.1, -0.05) is 23.2 Å². The molecule has 2 aromatic carbocycles. The lowest BCUT2D eigenvalue weighted by molar-refractivity contribution is -0.126. The molecule has 2 aromatic heterocycles. The van der Waals surface area contributed by atoms with Crippen LogP contribution < -0.4 is 24.9 Å². The van der Waals surface area contributed by atoms with E-state index in [0.717, 1.165) is 21.9 Å². The summed E-state index contributed by atoms with van der Waals surface area (Å²) in [5.41, 5.74) is 2.73. The fourth-order valence-corrected chi connectivity index (χ4v) is 8.53. The summed E-state index contributed by atoms with van der Waals surface area (Å²) in [5.74, 6) is -0.963. The van der Waals surface area contributed by atoms with E-state index in [0.29, 0.717) is 74.7 Å². The molecule has 0 unspecified atom stereocenters. The van der Waals surface area contributed by atoms with Crippen LogP contribution in [0.4, 0.5) is 32.3 Å². The highest BCUT2D eigenvalue weighted by Crippen LogP contribution is 2.29. The Hall–Kier alpha value is -5.57. The Morgan fingerprint density at radius 3 is 1.57 bits per heavy atom. The van der Waals surface area contributed by atoms with E-state index in [-0.39, 0.29) is 50.6 Å². The first-order chi connectivity index (χ1) is 29.0. The molecule has 4 saturated heterocycles. The summed E-state index contributed by atoms with van der Waals surface area (Å²) in [6, 6.07) is 20.5. The topological polar surface area (TPSA) is 185 Å². The number of hydrogen-bond donors (Lipinski definition) is 1. The van der Waals surface area contributed by atoms with Crippen molar-refractivity contribution in [2.45, 2.75) is 12.2 Å². The Bertz CT molecular complexity index is 2260. The molecular formula is C39H36Cl2N6O11S2. The monoisotopic (exact) mass is 898 g/mol. The predicted octanol–water partition coefficient (Wildman–Crippen LogP) is 4.91. The van der Waals surface area contributed by atoms with Crippen LogP contribution in [-0.4, -0.2) is 125 Å². The summed E-state index contributed by atoms with van der Waals surface area (Å²) in [7, 11) is 0. The minimum Gasteiger partial charge on any atom is -0.442 e. The first-order valence-corrected chi connectivity index (χ1v) is 20.8. The molecule has 4 aliphatic heterocycles. The third-order valence-corrected chi connectivity index (χ3v) is 12.0. The van der Waals surface area contributed by atoms with E-state index >= 15 is 0 Å². The number of amides is 7. The van der Waals surface area contributed by atoms with E-state index in [1.54, 1.807) is 82.6 Å². The maximum Gasteiger partial charge on any atom is 0.414 e. The van der Waals surface area contributed by atoms with Gasteiger partial charge in [0.1, 0.15) is 25.4 Å². The number of benzene rings is 2. The van der Waals surface area contributed by atoms with Crippen molar-refractivity contribution in [1.29, 1.82) is 0 Å². The quantitative estimate of drug-likeness (QED) is 0.202. The Kier molecular flexibility index (Phi) is 13.6. The minimum atomic E-state index is -0.669. The molecule has 314 valence electrons. The van der Waals surface area contributed by atoms with Gasteiger partial charge in [0.2, 0.25) is 6.41 Å². The number of imide groups is 1. The molecule has 4 aromatic rings. The second-order valence-electron chi connectivity index (χ2n) is 13.4. The molecule has 7 amide bonds. The molecular weight excluding hydrogens is 863 g/mol. The zero-order chi connectivity index (χ0) is 42.3. The van der Waals surface area contributed by atoms with Crippen molar-refractivity contribution in [2.75, 3.05) is 85.3 Å². The molecule has 6 heterocycles.